The lowest BCUT2D eigenvalue weighted by molar-refractivity contribution is -0.161. The summed E-state index contributed by atoms with van der Waals surface area (Å²) in [5, 5.41) is 9.52. The number of hydrogen-bond acceptors (Lipinski definition) is 11. The molecular formula is C24H32O11. The molecule has 0 aliphatic rings. The molecule has 2 unspecified atom stereocenters. The molecule has 0 aromatic heterocycles. The number of aliphatic hydroxyl groups excluding tert-OH is 1. The molecule has 0 amide bonds. The highest BCUT2D eigenvalue weighted by Gasteiger charge is 2.40. The smallest absolute Gasteiger partial charge is 0.465 e. The molecule has 0 radical (unpaired) electrons. The van der Waals surface area contributed by atoms with Gasteiger partial charge in [-0.25, -0.2) is 9.59 Å². The van der Waals surface area contributed by atoms with Crippen molar-refractivity contribution in [3.8, 4) is 0 Å². The number of aliphatic hydroxyl groups is 1. The first-order valence-corrected chi connectivity index (χ1v) is 10.8. The summed E-state index contributed by atoms with van der Waals surface area (Å²) in [6.07, 6.45) is -0.896. The van der Waals surface area contributed by atoms with Crippen molar-refractivity contribution in [1.82, 2.24) is 0 Å². The van der Waals surface area contributed by atoms with Gasteiger partial charge in [-0.3, -0.25) is 9.59 Å². The van der Waals surface area contributed by atoms with E-state index in [0.29, 0.717) is 0 Å². The lowest BCUT2D eigenvalue weighted by Crippen LogP contribution is -2.41. The maximum absolute atomic E-state index is 12.4. The van der Waals surface area contributed by atoms with Gasteiger partial charge in [0, 0.05) is 0 Å². The summed E-state index contributed by atoms with van der Waals surface area (Å²) >= 11 is 0. The first-order chi connectivity index (χ1) is 16.6. The van der Waals surface area contributed by atoms with E-state index in [0.717, 1.165) is 5.56 Å². The van der Waals surface area contributed by atoms with E-state index in [1.165, 1.54) is 19.9 Å². The molecule has 194 valence electrons. The van der Waals surface area contributed by atoms with Crippen molar-refractivity contribution in [3.05, 3.63) is 48.6 Å². The summed E-state index contributed by atoms with van der Waals surface area (Å²) in [5.74, 6) is -1.58. The second-order valence-corrected chi connectivity index (χ2v) is 8.03. The number of benzene rings is 1. The van der Waals surface area contributed by atoms with E-state index < -0.39 is 61.5 Å². The van der Waals surface area contributed by atoms with Gasteiger partial charge in [-0.15, -0.1) is 0 Å². The van der Waals surface area contributed by atoms with Gasteiger partial charge in [0.1, 0.15) is 43.9 Å². The van der Waals surface area contributed by atoms with Crippen molar-refractivity contribution in [1.29, 1.82) is 0 Å². The van der Waals surface area contributed by atoms with Crippen LogP contribution in [0.4, 0.5) is 9.59 Å². The molecule has 0 spiro atoms. The van der Waals surface area contributed by atoms with E-state index in [4.69, 9.17) is 28.4 Å². The van der Waals surface area contributed by atoms with Gasteiger partial charge in [0.15, 0.2) is 0 Å². The summed E-state index contributed by atoms with van der Waals surface area (Å²) < 4.78 is 29.8. The largest absolute Gasteiger partial charge is 0.508 e. The van der Waals surface area contributed by atoms with Crippen LogP contribution in [0.2, 0.25) is 0 Å². The summed E-state index contributed by atoms with van der Waals surface area (Å²) in [6, 6.07) is 8.90. The molecule has 1 N–H and O–H groups in total. The molecule has 0 aliphatic carbocycles. The third-order valence-electron chi connectivity index (χ3n) is 4.67. The van der Waals surface area contributed by atoms with E-state index >= 15 is 0 Å². The molecule has 0 fully saturated rings. The van der Waals surface area contributed by atoms with Gasteiger partial charge in [0.05, 0.1) is 13.2 Å². The Kier molecular flexibility index (Phi) is 12.3. The first-order valence-electron chi connectivity index (χ1n) is 10.8. The van der Waals surface area contributed by atoms with Gasteiger partial charge in [-0.1, -0.05) is 43.0 Å². The number of esters is 2. The van der Waals surface area contributed by atoms with Crippen molar-refractivity contribution < 1.29 is 52.7 Å². The molecule has 2 atom stereocenters. The molecule has 1 aromatic carbocycles. The Bertz CT molecular complexity index is 854. The number of ether oxygens (including phenoxy) is 6. The van der Waals surface area contributed by atoms with Crippen LogP contribution in [0.1, 0.15) is 26.3 Å². The fourth-order valence-electron chi connectivity index (χ4n) is 2.40. The van der Waals surface area contributed by atoms with E-state index in [-0.39, 0.29) is 19.8 Å². The Balaban J connectivity index is 2.65. The van der Waals surface area contributed by atoms with Crippen molar-refractivity contribution in [2.75, 3.05) is 39.6 Å². The predicted molar refractivity (Wildman–Crippen MR) is 121 cm³/mol. The van der Waals surface area contributed by atoms with Crippen molar-refractivity contribution in [2.24, 2.45) is 10.8 Å². The van der Waals surface area contributed by atoms with Crippen molar-refractivity contribution in [2.45, 2.75) is 27.4 Å². The minimum absolute atomic E-state index is 0.0303. The highest BCUT2D eigenvalue weighted by molar-refractivity contribution is 5.78. The van der Waals surface area contributed by atoms with Crippen LogP contribution in [0.3, 0.4) is 0 Å². The minimum atomic E-state index is -1.57. The molecule has 11 heteroatoms. The zero-order valence-electron chi connectivity index (χ0n) is 20.2. The van der Waals surface area contributed by atoms with Crippen LogP contribution in [0.15, 0.2) is 43.0 Å². The van der Waals surface area contributed by atoms with Crippen LogP contribution in [-0.4, -0.2) is 69.0 Å². The second kappa shape index (κ2) is 14.6. The molecule has 11 nitrogen and oxygen atoms in total. The van der Waals surface area contributed by atoms with E-state index in [1.807, 2.05) is 6.07 Å². The quantitative estimate of drug-likeness (QED) is 0.231. The zero-order chi connectivity index (χ0) is 26.3. The zero-order valence-corrected chi connectivity index (χ0v) is 20.2. The summed E-state index contributed by atoms with van der Waals surface area (Å²) in [7, 11) is 0. The van der Waals surface area contributed by atoms with Crippen LogP contribution < -0.4 is 0 Å². The van der Waals surface area contributed by atoms with E-state index in [2.05, 4.69) is 6.58 Å². The lowest BCUT2D eigenvalue weighted by atomic mass is 9.93. The molecule has 0 heterocycles. The second-order valence-electron chi connectivity index (χ2n) is 8.03. The molecule has 1 rings (SSSR count). The van der Waals surface area contributed by atoms with Crippen LogP contribution in [0.25, 0.3) is 0 Å². The van der Waals surface area contributed by atoms with Crippen LogP contribution in [0, 0.1) is 10.8 Å². The number of carbonyl (C=O) groups is 4. The molecule has 0 bridgehead atoms. The van der Waals surface area contributed by atoms with Gasteiger partial charge >= 0.3 is 24.2 Å². The summed E-state index contributed by atoms with van der Waals surface area (Å²) in [4.78, 5) is 48.5. The number of rotatable bonds is 14. The Morgan fingerprint density at radius 1 is 0.829 bits per heavy atom. The Morgan fingerprint density at radius 3 is 1.86 bits per heavy atom. The predicted octanol–water partition coefficient (Wildman–Crippen LogP) is 2.79. The molecule has 1 aromatic rings. The van der Waals surface area contributed by atoms with Crippen LogP contribution >= 0.6 is 0 Å². The van der Waals surface area contributed by atoms with E-state index in [9.17, 15) is 24.3 Å². The molecule has 0 aliphatic heterocycles. The Morgan fingerprint density at radius 2 is 1.34 bits per heavy atom. The molecule has 0 saturated heterocycles. The maximum atomic E-state index is 12.4. The third-order valence-corrected chi connectivity index (χ3v) is 4.67. The minimum Gasteiger partial charge on any atom is -0.465 e. The van der Waals surface area contributed by atoms with Crippen LogP contribution in [-0.2, 0) is 44.6 Å². The van der Waals surface area contributed by atoms with Gasteiger partial charge in [0.2, 0.25) is 0 Å². The van der Waals surface area contributed by atoms with Gasteiger partial charge < -0.3 is 33.5 Å². The van der Waals surface area contributed by atoms with Crippen molar-refractivity contribution in [3.63, 3.8) is 0 Å². The Hall–Kier alpha value is -3.60. The van der Waals surface area contributed by atoms with E-state index in [1.54, 1.807) is 31.2 Å². The normalized spacial score (nSPS) is 13.8. The Labute approximate surface area is 203 Å². The molecular weight excluding hydrogens is 464 g/mol. The van der Waals surface area contributed by atoms with Crippen molar-refractivity contribution >= 4 is 24.2 Å². The standard InChI is InChI=1S/C24H32O11/c1-5-12-31-19(26)23(3,14-25)15-33-22(29)35-17-24(4,20(27)30-6-2)16-34-21(28)32-13-18-10-8-7-9-11-18/h5,7-11,25H,1,6,12-17H2,2-4H3. The first kappa shape index (κ1) is 29.4. The summed E-state index contributed by atoms with van der Waals surface area (Å²) in [6.45, 7) is 5.37. The van der Waals surface area contributed by atoms with Gasteiger partial charge in [-0.05, 0) is 26.3 Å². The third kappa shape index (κ3) is 10.0. The monoisotopic (exact) mass is 496 g/mol. The fourth-order valence-corrected chi connectivity index (χ4v) is 2.40. The molecule has 35 heavy (non-hydrogen) atoms. The number of carbonyl (C=O) groups excluding carboxylic acids is 4. The maximum Gasteiger partial charge on any atom is 0.508 e. The lowest BCUT2D eigenvalue weighted by Gasteiger charge is -2.27. The fraction of sp³-hybridized carbons (Fsp3) is 0.500. The highest BCUT2D eigenvalue weighted by atomic mass is 16.7. The van der Waals surface area contributed by atoms with Gasteiger partial charge in [0.25, 0.3) is 0 Å². The topological polar surface area (TPSA) is 144 Å². The SMILES string of the molecule is C=CCOC(=O)C(C)(CO)COC(=O)OCC(C)(COC(=O)OCc1ccccc1)C(=O)OCC. The average molecular weight is 497 g/mol. The number of hydrogen-bond donors (Lipinski definition) is 1. The molecule has 0 saturated carbocycles. The highest BCUT2D eigenvalue weighted by Crippen LogP contribution is 2.22. The van der Waals surface area contributed by atoms with Crippen LogP contribution in [0.5, 0.6) is 0 Å². The average Bonchev–Trinajstić information content (AvgIpc) is 2.87. The summed E-state index contributed by atoms with van der Waals surface area (Å²) in [5.41, 5.74) is -2.35. The van der Waals surface area contributed by atoms with Gasteiger partial charge in [-0.2, -0.15) is 0 Å².